The molecule has 0 N–H and O–H groups in total. The van der Waals surface area contributed by atoms with Crippen LogP contribution in [0.1, 0.15) is 183 Å². The summed E-state index contributed by atoms with van der Waals surface area (Å²) in [4.78, 5) is 0. The van der Waals surface area contributed by atoms with Crippen molar-refractivity contribution in [2.24, 2.45) is 10.8 Å². The van der Waals surface area contributed by atoms with E-state index < -0.39 is 0 Å². The molecule has 0 radical (unpaired) electrons. The van der Waals surface area contributed by atoms with Gasteiger partial charge in [0, 0.05) is 35.5 Å². The molecule has 0 amide bonds. The molecule has 2 nitrogen and oxygen atoms in total. The van der Waals surface area contributed by atoms with Crippen molar-refractivity contribution in [1.82, 2.24) is 0 Å². The Morgan fingerprint density at radius 2 is 0.747 bits per heavy atom. The van der Waals surface area contributed by atoms with Crippen LogP contribution in [0.2, 0.25) is 0 Å². The number of nitrogens with zero attached hydrogens (tertiary/aromatic N) is 2. The number of hydrogen-bond donors (Lipinski definition) is 0. The number of quaternary nitrogens is 2. The lowest BCUT2D eigenvalue weighted by Gasteiger charge is -2.58. The topological polar surface area (TPSA) is 0 Å². The highest BCUT2D eigenvalue weighted by atomic mass is 15.4. The van der Waals surface area contributed by atoms with Crippen LogP contribution < -0.4 is 0 Å². The van der Waals surface area contributed by atoms with E-state index in [4.69, 9.17) is 0 Å². The Hall–Kier alpha value is -6.58. The van der Waals surface area contributed by atoms with Crippen LogP contribution in [-0.2, 0) is 10.8 Å². The van der Waals surface area contributed by atoms with Gasteiger partial charge in [0.15, 0.2) is 0 Å². The molecule has 2 aliphatic heterocycles. The number of allylic oxidation sites excluding steroid dienone is 2. The van der Waals surface area contributed by atoms with Crippen molar-refractivity contribution < 1.29 is 8.97 Å². The average molecular weight is 997 g/mol. The highest BCUT2D eigenvalue weighted by Crippen LogP contribution is 2.97. The number of benzene rings is 12. The molecule has 16 aliphatic carbocycles. The van der Waals surface area contributed by atoms with E-state index in [1.165, 1.54) is 88.6 Å². The first-order valence-corrected chi connectivity index (χ1v) is 32.3. The van der Waals surface area contributed by atoms with Gasteiger partial charge in [-0.25, -0.2) is 0 Å². The molecule has 0 aromatic heterocycles. The minimum Gasteiger partial charge on any atom is -0.327 e. The maximum atomic E-state index is 2.88. The molecule has 2 saturated heterocycles. The SMILES string of the molecule is CCCCCCCCCC[N@+]1(C)C[C@@]23c4c5c6c7c8c9c%10c%11c%12c%13c%14c%15c%16c%17c%18c%19c%20c%21c(c2c2c4c4c6c9c6c4c4c2c%21c2c%19c(c%18%14)c9c%13c%10c6c9c24)C2=C4c6c(c-%16c9c%10c6[C@H]([C@@H]5C7=C%10[C@]5(C[N+](C)(C)C[C@]8%115)[C@H]9[C@H]%15%12)[C@@]43C1)[C@@H]%17[C@H]2%20. The molecular formula is C77H44N2+2. The van der Waals surface area contributed by atoms with E-state index in [1.54, 1.807) is 108 Å². The fourth-order valence-corrected chi connectivity index (χ4v) is 32.2. The molecule has 360 valence electrons. The third-order valence-electron chi connectivity index (χ3n) is 31.6. The Morgan fingerprint density at radius 3 is 1.41 bits per heavy atom. The van der Waals surface area contributed by atoms with Crippen LogP contribution in [0, 0.1) is 10.8 Å². The molecule has 34 rings (SSSR count). The molecule has 16 aromatic carbocycles. The van der Waals surface area contributed by atoms with Crippen LogP contribution in [-0.4, -0.2) is 62.8 Å². The van der Waals surface area contributed by atoms with Gasteiger partial charge in [-0.3, -0.25) is 0 Å². The third-order valence-corrected chi connectivity index (χ3v) is 31.6. The van der Waals surface area contributed by atoms with Crippen molar-refractivity contribution in [3.8, 4) is 11.1 Å². The van der Waals surface area contributed by atoms with Crippen molar-refractivity contribution in [3.63, 3.8) is 0 Å². The van der Waals surface area contributed by atoms with Crippen LogP contribution in [0.25, 0.3) is 184 Å². The van der Waals surface area contributed by atoms with E-state index in [1.807, 2.05) is 166 Å². The summed E-state index contributed by atoms with van der Waals surface area (Å²) in [7, 11) is 8.36. The number of likely N-dealkylation sites (N-methyl/N-ethyl adjacent to an activating group) is 2. The second-order valence-electron chi connectivity index (χ2n) is 33.1. The largest absolute Gasteiger partial charge is 0.327 e. The molecule has 2 fully saturated rings. The lowest BCUT2D eigenvalue weighted by molar-refractivity contribution is -0.901. The fourth-order valence-electron chi connectivity index (χ4n) is 32.2. The summed E-state index contributed by atoms with van der Waals surface area (Å²) in [5.74, 6) is 2.92. The molecule has 16 aromatic rings. The van der Waals surface area contributed by atoms with Crippen molar-refractivity contribution >= 4 is 173 Å². The molecule has 11 atom stereocenters. The first-order chi connectivity index (χ1) is 38.9. The van der Waals surface area contributed by atoms with Crippen molar-refractivity contribution in [3.05, 3.63) is 89.0 Å². The third kappa shape index (κ3) is 2.00. The Balaban J connectivity index is 0.933. The summed E-state index contributed by atoms with van der Waals surface area (Å²) in [5, 5.41) is 50.2. The molecule has 18 aliphatic rings. The predicted molar refractivity (Wildman–Crippen MR) is 320 cm³/mol. The zero-order chi connectivity index (χ0) is 48.5. The Labute approximate surface area is 449 Å². The van der Waals surface area contributed by atoms with Gasteiger partial charge in [0.1, 0.15) is 0 Å². The van der Waals surface area contributed by atoms with E-state index in [2.05, 4.69) is 28.1 Å². The molecule has 4 spiro atoms. The van der Waals surface area contributed by atoms with Crippen molar-refractivity contribution in [2.75, 3.05) is 53.9 Å². The zero-order valence-corrected chi connectivity index (χ0v) is 44.6. The minimum atomic E-state index is -0.0203. The van der Waals surface area contributed by atoms with E-state index in [0.717, 1.165) is 4.48 Å². The molecule has 0 bridgehead atoms. The van der Waals surface area contributed by atoms with Gasteiger partial charge in [-0.2, -0.15) is 0 Å². The lowest BCUT2D eigenvalue weighted by atomic mass is 9.41. The van der Waals surface area contributed by atoms with Gasteiger partial charge in [-0.05, 0) is 286 Å². The fraction of sp³-hybridized carbons (Fsp3) is 0.351. The number of unbranched alkanes of at least 4 members (excludes halogenated alkanes) is 7. The van der Waals surface area contributed by atoms with E-state index in [-0.39, 0.29) is 21.7 Å². The van der Waals surface area contributed by atoms with Gasteiger partial charge in [0.2, 0.25) is 0 Å². The summed E-state index contributed by atoms with van der Waals surface area (Å²) in [6.45, 7) is 8.95. The zero-order valence-electron chi connectivity index (χ0n) is 44.6. The maximum absolute atomic E-state index is 2.88. The minimum absolute atomic E-state index is 0.0192. The van der Waals surface area contributed by atoms with E-state index >= 15 is 0 Å². The standard InChI is InChI=1S/C77H44N2/c1-5-6-7-8-9-10-11-12-13-79(4)16-76-69-54-40-29-22-21-25-18-19-24-20-23(18)34-43-32(25)39-28(21)30-31(29)42-38-41(30)51-50(39)66-52(43)53-45(34)36-27(20)37-46-35(24)44(33(40)26(19)22)56(69)57(46)70-59-48(37)47(36)58-62-63(59)73(77(70,76)17-79)65-61(71(76)55(42)54)49(38)60-64(65)72(62)75(67(53)58)15-78(2,3)14-74(66,75)68(51)60/h37,46,53,65,67,73H,5-17H2,1-4H3/q+2/t37-,46+,53+,65-,67-,73+,74+,75-,76-,77+,79+/m0/s1. The smallest absolute Gasteiger partial charge is 0.0936 e. The second-order valence-corrected chi connectivity index (χ2v) is 33.1. The number of likely N-dealkylation sites (tertiary alicyclic amines) is 2. The molecule has 0 saturated carbocycles. The Bertz CT molecular complexity index is 6540. The first-order valence-electron chi connectivity index (χ1n) is 32.3. The molecule has 2 heterocycles. The summed E-state index contributed by atoms with van der Waals surface area (Å²) >= 11 is 0. The quantitative estimate of drug-likeness (QED) is 0.0768. The van der Waals surface area contributed by atoms with Crippen molar-refractivity contribution in [2.45, 2.75) is 105 Å². The van der Waals surface area contributed by atoms with Gasteiger partial charge in [0.25, 0.3) is 0 Å². The maximum Gasteiger partial charge on any atom is 0.0936 e. The average Bonchev–Trinajstić information content (AvgIpc) is 1.40. The van der Waals surface area contributed by atoms with E-state index in [0.29, 0.717) is 35.5 Å². The Morgan fingerprint density at radius 1 is 0.316 bits per heavy atom. The van der Waals surface area contributed by atoms with Crippen LogP contribution in [0.4, 0.5) is 0 Å². The van der Waals surface area contributed by atoms with Crippen LogP contribution in [0.15, 0.2) is 0 Å². The van der Waals surface area contributed by atoms with Gasteiger partial charge in [0.05, 0.1) is 75.5 Å². The summed E-state index contributed by atoms with van der Waals surface area (Å²) in [6.07, 6.45) is 11.3. The second kappa shape index (κ2) is 8.00. The normalized spacial score (nSPS) is 36.6. The summed E-state index contributed by atoms with van der Waals surface area (Å²) in [6, 6.07) is 0. The Kier molecular flexibility index (Phi) is 3.43. The predicted octanol–water partition coefficient (Wildman–Crippen LogP) is 17.0. The number of hydrogen-bond acceptors (Lipinski definition) is 0. The van der Waals surface area contributed by atoms with Crippen LogP contribution in [0.5, 0.6) is 0 Å². The van der Waals surface area contributed by atoms with Crippen LogP contribution in [0.3, 0.4) is 0 Å². The molecule has 0 unspecified atom stereocenters. The highest BCUT2D eigenvalue weighted by Gasteiger charge is 2.89. The van der Waals surface area contributed by atoms with E-state index in [9.17, 15) is 0 Å². The van der Waals surface area contributed by atoms with Crippen LogP contribution >= 0.6 is 0 Å². The molecule has 2 heteroatoms. The lowest BCUT2D eigenvalue weighted by Crippen LogP contribution is -2.56. The number of rotatable bonds is 9. The monoisotopic (exact) mass is 996 g/mol. The highest BCUT2D eigenvalue weighted by molar-refractivity contribution is 6.71. The summed E-state index contributed by atoms with van der Waals surface area (Å²) in [5.41, 5.74) is 42.7. The molecular weight excluding hydrogens is 953 g/mol. The van der Waals surface area contributed by atoms with Gasteiger partial charge >= 0.3 is 0 Å². The first kappa shape index (κ1) is 33.9. The molecule has 79 heavy (non-hydrogen) atoms. The van der Waals surface area contributed by atoms with Gasteiger partial charge < -0.3 is 8.97 Å². The van der Waals surface area contributed by atoms with Gasteiger partial charge in [-0.1, -0.05) is 45.4 Å². The summed E-state index contributed by atoms with van der Waals surface area (Å²) < 4.78 is 2.41. The van der Waals surface area contributed by atoms with Gasteiger partial charge in [-0.15, -0.1) is 0 Å². The van der Waals surface area contributed by atoms with Crippen molar-refractivity contribution in [1.29, 1.82) is 0 Å².